The van der Waals surface area contributed by atoms with Gasteiger partial charge in [0.05, 0.1) is 25.0 Å². The number of aryl methyl sites for hydroxylation is 1. The van der Waals surface area contributed by atoms with Crippen molar-refractivity contribution in [1.82, 2.24) is 14.8 Å². The van der Waals surface area contributed by atoms with E-state index in [1.165, 1.54) is 4.68 Å². The number of ether oxygens (including phenoxy) is 1. The number of hydrogen-bond donors (Lipinski definition) is 0. The predicted molar refractivity (Wildman–Crippen MR) is 86.6 cm³/mol. The number of hydrogen-bond acceptors (Lipinski definition) is 4. The van der Waals surface area contributed by atoms with E-state index in [9.17, 15) is 4.79 Å². The van der Waals surface area contributed by atoms with Gasteiger partial charge in [0.25, 0.3) is 5.56 Å². The van der Waals surface area contributed by atoms with Gasteiger partial charge >= 0.3 is 0 Å². The van der Waals surface area contributed by atoms with Gasteiger partial charge in [-0.3, -0.25) is 9.78 Å². The molecule has 0 aliphatic rings. The molecule has 0 bridgehead atoms. The first-order valence-electron chi connectivity index (χ1n) is 7.31. The zero-order valence-corrected chi connectivity index (χ0v) is 14.1. The molecule has 0 fully saturated rings. The summed E-state index contributed by atoms with van der Waals surface area (Å²) < 4.78 is 6.88. The van der Waals surface area contributed by atoms with E-state index < -0.39 is 0 Å². The SMILES string of the molecule is COc1c(C)cnc(Cn2nc(C(C)(C)C)ccc2=O)c1C. The van der Waals surface area contributed by atoms with Crippen LogP contribution in [0.15, 0.2) is 23.1 Å². The molecule has 0 aliphatic heterocycles. The molecule has 5 nitrogen and oxygen atoms in total. The number of nitrogens with zero attached hydrogens (tertiary/aromatic N) is 3. The first-order chi connectivity index (χ1) is 10.2. The van der Waals surface area contributed by atoms with Crippen molar-refractivity contribution in [1.29, 1.82) is 0 Å². The third kappa shape index (κ3) is 3.18. The summed E-state index contributed by atoms with van der Waals surface area (Å²) in [5, 5.41) is 4.48. The molecule has 0 saturated carbocycles. The average Bonchev–Trinajstić information content (AvgIpc) is 2.43. The molecule has 0 N–H and O–H groups in total. The highest BCUT2D eigenvalue weighted by Gasteiger charge is 2.17. The quantitative estimate of drug-likeness (QED) is 0.874. The van der Waals surface area contributed by atoms with Crippen LogP contribution in [-0.4, -0.2) is 21.9 Å². The van der Waals surface area contributed by atoms with Gasteiger partial charge in [0.2, 0.25) is 0 Å². The Morgan fingerprint density at radius 3 is 2.50 bits per heavy atom. The minimum atomic E-state index is -0.131. The lowest BCUT2D eigenvalue weighted by atomic mass is 9.92. The van der Waals surface area contributed by atoms with Gasteiger partial charge in [-0.15, -0.1) is 0 Å². The summed E-state index contributed by atoms with van der Waals surface area (Å²) in [5.41, 5.74) is 3.36. The highest BCUT2D eigenvalue weighted by molar-refractivity contribution is 5.41. The van der Waals surface area contributed by atoms with Gasteiger partial charge in [0, 0.05) is 28.8 Å². The molecule has 0 aromatic carbocycles. The summed E-state index contributed by atoms with van der Waals surface area (Å²) in [4.78, 5) is 16.5. The summed E-state index contributed by atoms with van der Waals surface area (Å²) in [5.74, 6) is 0.810. The Hall–Kier alpha value is -2.17. The lowest BCUT2D eigenvalue weighted by Gasteiger charge is -2.19. The number of pyridine rings is 1. The van der Waals surface area contributed by atoms with Crippen molar-refractivity contribution >= 4 is 0 Å². The maximum absolute atomic E-state index is 12.1. The number of aromatic nitrogens is 3. The summed E-state index contributed by atoms with van der Waals surface area (Å²) in [6.07, 6.45) is 1.76. The monoisotopic (exact) mass is 301 g/mol. The topological polar surface area (TPSA) is 57.0 Å². The molecule has 22 heavy (non-hydrogen) atoms. The molecule has 2 aromatic rings. The molecule has 0 atom stereocenters. The van der Waals surface area contributed by atoms with E-state index >= 15 is 0 Å². The molecule has 118 valence electrons. The van der Waals surface area contributed by atoms with Crippen molar-refractivity contribution < 1.29 is 4.74 Å². The van der Waals surface area contributed by atoms with E-state index in [0.717, 1.165) is 28.3 Å². The Balaban J connectivity index is 2.46. The van der Waals surface area contributed by atoms with Crippen LogP contribution in [0.2, 0.25) is 0 Å². The Kier molecular flexibility index (Phi) is 4.35. The van der Waals surface area contributed by atoms with Crippen LogP contribution in [0.4, 0.5) is 0 Å². The second-order valence-electron chi connectivity index (χ2n) is 6.51. The lowest BCUT2D eigenvalue weighted by Crippen LogP contribution is -2.27. The molecule has 0 radical (unpaired) electrons. The molecule has 0 aliphatic carbocycles. The molecule has 0 saturated heterocycles. The standard InChI is InChI=1S/C17H23N3O2/c1-11-9-18-13(12(2)16(11)22-6)10-20-15(21)8-7-14(19-20)17(3,4)5/h7-9H,10H2,1-6H3. The molecular weight excluding hydrogens is 278 g/mol. The fraction of sp³-hybridized carbons (Fsp3) is 0.471. The van der Waals surface area contributed by atoms with E-state index in [-0.39, 0.29) is 11.0 Å². The van der Waals surface area contributed by atoms with Gasteiger partial charge in [-0.2, -0.15) is 5.10 Å². The van der Waals surface area contributed by atoms with E-state index in [2.05, 4.69) is 30.9 Å². The largest absolute Gasteiger partial charge is 0.496 e. The van der Waals surface area contributed by atoms with Crippen molar-refractivity contribution in [3.8, 4) is 5.75 Å². The zero-order valence-electron chi connectivity index (χ0n) is 14.1. The van der Waals surface area contributed by atoms with Crippen molar-refractivity contribution in [2.24, 2.45) is 0 Å². The maximum Gasteiger partial charge on any atom is 0.267 e. The normalized spacial score (nSPS) is 11.5. The van der Waals surface area contributed by atoms with E-state index in [4.69, 9.17) is 4.74 Å². The Morgan fingerprint density at radius 2 is 1.91 bits per heavy atom. The van der Waals surface area contributed by atoms with Gasteiger partial charge in [-0.1, -0.05) is 20.8 Å². The molecule has 2 rings (SSSR count). The van der Waals surface area contributed by atoms with Gasteiger partial charge in [-0.25, -0.2) is 4.68 Å². The van der Waals surface area contributed by atoms with Crippen LogP contribution >= 0.6 is 0 Å². The lowest BCUT2D eigenvalue weighted by molar-refractivity contribution is 0.406. The first-order valence-corrected chi connectivity index (χ1v) is 7.31. The van der Waals surface area contributed by atoms with Crippen LogP contribution in [-0.2, 0) is 12.0 Å². The van der Waals surface area contributed by atoms with E-state index in [1.807, 2.05) is 13.8 Å². The zero-order chi connectivity index (χ0) is 16.5. The second kappa shape index (κ2) is 5.91. The highest BCUT2D eigenvalue weighted by atomic mass is 16.5. The molecule has 5 heteroatoms. The molecule has 2 aromatic heterocycles. The molecule has 2 heterocycles. The Morgan fingerprint density at radius 1 is 1.23 bits per heavy atom. The maximum atomic E-state index is 12.1. The van der Waals surface area contributed by atoms with Crippen molar-refractivity contribution in [3.05, 3.63) is 51.2 Å². The van der Waals surface area contributed by atoms with E-state index in [0.29, 0.717) is 6.54 Å². The van der Waals surface area contributed by atoms with Crippen LogP contribution in [0, 0.1) is 13.8 Å². The number of methoxy groups -OCH3 is 1. The smallest absolute Gasteiger partial charge is 0.267 e. The molecule has 0 unspecified atom stereocenters. The van der Waals surface area contributed by atoms with Gasteiger partial charge in [0.15, 0.2) is 0 Å². The van der Waals surface area contributed by atoms with Crippen LogP contribution in [0.3, 0.4) is 0 Å². The Labute approximate surface area is 131 Å². The first kappa shape index (κ1) is 16.2. The molecule has 0 spiro atoms. The Bertz CT molecular complexity index is 743. The summed E-state index contributed by atoms with van der Waals surface area (Å²) in [6.45, 7) is 10.5. The van der Waals surface area contributed by atoms with Crippen molar-refractivity contribution in [3.63, 3.8) is 0 Å². The van der Waals surface area contributed by atoms with Gasteiger partial charge in [0.1, 0.15) is 5.75 Å². The van der Waals surface area contributed by atoms with Crippen molar-refractivity contribution in [2.75, 3.05) is 7.11 Å². The second-order valence-corrected chi connectivity index (χ2v) is 6.51. The third-order valence-electron chi connectivity index (χ3n) is 3.68. The molecular formula is C17H23N3O2. The van der Waals surface area contributed by atoms with Crippen molar-refractivity contribution in [2.45, 2.75) is 46.6 Å². The summed E-state index contributed by atoms with van der Waals surface area (Å²) in [6, 6.07) is 3.35. The minimum Gasteiger partial charge on any atom is -0.496 e. The number of rotatable bonds is 3. The van der Waals surface area contributed by atoms with Crippen LogP contribution in [0.1, 0.15) is 43.3 Å². The predicted octanol–water partition coefficient (Wildman–Crippen LogP) is 2.61. The average molecular weight is 301 g/mol. The van der Waals surface area contributed by atoms with Crippen LogP contribution in [0.5, 0.6) is 5.75 Å². The fourth-order valence-corrected chi connectivity index (χ4v) is 2.33. The van der Waals surface area contributed by atoms with E-state index in [1.54, 1.807) is 25.4 Å². The highest BCUT2D eigenvalue weighted by Crippen LogP contribution is 2.24. The van der Waals surface area contributed by atoms with Crippen LogP contribution in [0.25, 0.3) is 0 Å². The fourth-order valence-electron chi connectivity index (χ4n) is 2.33. The van der Waals surface area contributed by atoms with Gasteiger partial charge < -0.3 is 4.74 Å². The summed E-state index contributed by atoms with van der Waals surface area (Å²) >= 11 is 0. The van der Waals surface area contributed by atoms with Crippen LogP contribution < -0.4 is 10.3 Å². The van der Waals surface area contributed by atoms with Gasteiger partial charge in [-0.05, 0) is 19.9 Å². The molecule has 0 amide bonds. The minimum absolute atomic E-state index is 0.108. The third-order valence-corrected chi connectivity index (χ3v) is 3.68. The summed E-state index contributed by atoms with van der Waals surface area (Å²) in [7, 11) is 1.64.